The van der Waals surface area contributed by atoms with E-state index in [0.29, 0.717) is 13.0 Å². The van der Waals surface area contributed by atoms with Gasteiger partial charge in [0.15, 0.2) is 0 Å². The molecule has 24 heavy (non-hydrogen) atoms. The summed E-state index contributed by atoms with van der Waals surface area (Å²) in [7, 11) is 0. The highest BCUT2D eigenvalue weighted by molar-refractivity contribution is 5.86. The van der Waals surface area contributed by atoms with E-state index in [2.05, 4.69) is 34.9 Å². The number of amides is 2. The summed E-state index contributed by atoms with van der Waals surface area (Å²) >= 11 is 0. The van der Waals surface area contributed by atoms with Gasteiger partial charge < -0.3 is 10.6 Å². The lowest BCUT2D eigenvalue weighted by Gasteiger charge is -2.16. The Bertz CT molecular complexity index is 692. The highest BCUT2D eigenvalue weighted by atomic mass is 16.2. The Kier molecular flexibility index (Phi) is 6.79. The van der Waals surface area contributed by atoms with E-state index >= 15 is 0 Å². The number of hydrogen-bond donors (Lipinski definition) is 2. The van der Waals surface area contributed by atoms with Gasteiger partial charge in [0.1, 0.15) is 0 Å². The molecular weight excluding hydrogens is 300 g/mol. The number of rotatable bonds is 8. The highest BCUT2D eigenvalue weighted by Crippen LogP contribution is 2.24. The fraction of sp³-hybridized carbons (Fsp3) is 0.400. The van der Waals surface area contributed by atoms with E-state index < -0.39 is 0 Å². The molecule has 2 aromatic rings. The molecule has 2 aromatic carbocycles. The quantitative estimate of drug-likeness (QED) is 0.727. The van der Waals surface area contributed by atoms with Crippen LogP contribution in [0.1, 0.15) is 51.1 Å². The maximum absolute atomic E-state index is 12.1. The van der Waals surface area contributed by atoms with Gasteiger partial charge in [-0.1, -0.05) is 48.9 Å². The van der Waals surface area contributed by atoms with Crippen molar-refractivity contribution in [2.24, 2.45) is 0 Å². The van der Waals surface area contributed by atoms with Crippen LogP contribution in [0, 0.1) is 0 Å². The van der Waals surface area contributed by atoms with E-state index in [4.69, 9.17) is 0 Å². The Morgan fingerprint density at radius 3 is 2.54 bits per heavy atom. The van der Waals surface area contributed by atoms with Gasteiger partial charge >= 0.3 is 0 Å². The van der Waals surface area contributed by atoms with Crippen LogP contribution in [-0.4, -0.2) is 18.4 Å². The zero-order chi connectivity index (χ0) is 17.4. The molecule has 0 fully saturated rings. The number of carbonyl (C=O) groups excluding carboxylic acids is 2. The lowest BCUT2D eigenvalue weighted by molar-refractivity contribution is -0.122. The summed E-state index contributed by atoms with van der Waals surface area (Å²) in [5.41, 5.74) is 1.15. The lowest BCUT2D eigenvalue weighted by atomic mass is 9.99. The van der Waals surface area contributed by atoms with Crippen LogP contribution in [0.3, 0.4) is 0 Å². The van der Waals surface area contributed by atoms with Crippen LogP contribution >= 0.6 is 0 Å². The molecule has 0 spiro atoms. The van der Waals surface area contributed by atoms with Gasteiger partial charge in [0.2, 0.25) is 11.8 Å². The first-order valence-electron chi connectivity index (χ1n) is 8.59. The predicted molar refractivity (Wildman–Crippen MR) is 97.7 cm³/mol. The Balaban J connectivity index is 1.80. The van der Waals surface area contributed by atoms with E-state index in [1.54, 1.807) is 0 Å². The zero-order valence-electron chi connectivity index (χ0n) is 14.5. The van der Waals surface area contributed by atoms with Crippen LogP contribution in [0.2, 0.25) is 0 Å². The molecule has 0 radical (unpaired) electrons. The van der Waals surface area contributed by atoms with Gasteiger partial charge in [-0.2, -0.15) is 0 Å². The second-order valence-electron chi connectivity index (χ2n) is 6.15. The summed E-state index contributed by atoms with van der Waals surface area (Å²) in [6, 6.07) is 14.4. The molecule has 0 aliphatic heterocycles. The topological polar surface area (TPSA) is 58.2 Å². The summed E-state index contributed by atoms with van der Waals surface area (Å²) < 4.78 is 0. The molecular formula is C20H26N2O2. The fourth-order valence-electron chi connectivity index (χ4n) is 2.87. The van der Waals surface area contributed by atoms with Crippen molar-refractivity contribution in [2.75, 3.05) is 6.54 Å². The molecule has 4 heteroatoms. The highest BCUT2D eigenvalue weighted by Gasteiger charge is 2.11. The average Bonchev–Trinajstić information content (AvgIpc) is 2.57. The van der Waals surface area contributed by atoms with Crippen LogP contribution in [0.25, 0.3) is 10.8 Å². The second-order valence-corrected chi connectivity index (χ2v) is 6.15. The first kappa shape index (κ1) is 18.0. The van der Waals surface area contributed by atoms with Crippen molar-refractivity contribution in [2.45, 2.75) is 45.6 Å². The van der Waals surface area contributed by atoms with Crippen molar-refractivity contribution < 1.29 is 9.59 Å². The van der Waals surface area contributed by atoms with Crippen LogP contribution in [0.5, 0.6) is 0 Å². The number of hydrogen-bond acceptors (Lipinski definition) is 2. The van der Waals surface area contributed by atoms with Crippen molar-refractivity contribution in [3.05, 3.63) is 48.0 Å². The van der Waals surface area contributed by atoms with Crippen LogP contribution in [-0.2, 0) is 9.59 Å². The largest absolute Gasteiger partial charge is 0.356 e. The normalized spacial score (nSPS) is 11.9. The molecule has 0 heterocycles. The second kappa shape index (κ2) is 9.06. The monoisotopic (exact) mass is 326 g/mol. The van der Waals surface area contributed by atoms with Gasteiger partial charge in [0, 0.05) is 19.9 Å². The molecule has 1 unspecified atom stereocenters. The molecule has 0 aliphatic rings. The van der Waals surface area contributed by atoms with Crippen LogP contribution < -0.4 is 10.6 Å². The summed E-state index contributed by atoms with van der Waals surface area (Å²) in [5, 5.41) is 8.23. The minimum Gasteiger partial charge on any atom is -0.356 e. The summed E-state index contributed by atoms with van der Waals surface area (Å²) in [6.45, 7) is 4.22. The van der Waals surface area contributed by atoms with Gasteiger partial charge in [-0.05, 0) is 36.1 Å². The first-order chi connectivity index (χ1) is 11.6. The van der Waals surface area contributed by atoms with Crippen molar-refractivity contribution in [3.63, 3.8) is 0 Å². The third-order valence-electron chi connectivity index (χ3n) is 4.12. The Hall–Kier alpha value is -2.36. The molecule has 0 aliphatic carbocycles. The summed E-state index contributed by atoms with van der Waals surface area (Å²) in [6.07, 6.45) is 3.21. The Morgan fingerprint density at radius 2 is 1.75 bits per heavy atom. The maximum Gasteiger partial charge on any atom is 0.220 e. The zero-order valence-corrected chi connectivity index (χ0v) is 14.5. The molecule has 2 N–H and O–H groups in total. The lowest BCUT2D eigenvalue weighted by Crippen LogP contribution is -2.26. The van der Waals surface area contributed by atoms with Crippen LogP contribution in [0.15, 0.2) is 42.5 Å². The molecule has 0 aromatic heterocycles. The third-order valence-corrected chi connectivity index (χ3v) is 4.12. The number of carbonyl (C=O) groups is 2. The average molecular weight is 326 g/mol. The maximum atomic E-state index is 12.1. The minimum atomic E-state index is -0.0111. The van der Waals surface area contributed by atoms with Crippen molar-refractivity contribution in [3.8, 4) is 0 Å². The number of benzene rings is 2. The Morgan fingerprint density at radius 1 is 1.00 bits per heavy atom. The first-order valence-corrected chi connectivity index (χ1v) is 8.59. The molecule has 0 saturated heterocycles. The van der Waals surface area contributed by atoms with Crippen LogP contribution in [0.4, 0.5) is 0 Å². The van der Waals surface area contributed by atoms with Gasteiger partial charge in [0.05, 0.1) is 6.04 Å². The van der Waals surface area contributed by atoms with Gasteiger partial charge in [-0.25, -0.2) is 0 Å². The number of fused-ring (bicyclic) bond motifs is 1. The Labute approximate surface area is 143 Å². The van der Waals surface area contributed by atoms with Crippen molar-refractivity contribution >= 4 is 22.6 Å². The smallest absolute Gasteiger partial charge is 0.220 e. The summed E-state index contributed by atoms with van der Waals surface area (Å²) in [4.78, 5) is 22.9. The number of unbranched alkanes of at least 4 members (excludes halogenated alkanes) is 2. The SMILES string of the molecule is CC(=O)NCCCCCC(=O)NC(C)c1cccc2ccccc12. The standard InChI is InChI=1S/C20H26N2O2/c1-15(18-12-8-10-17-9-5-6-11-19(17)18)22-20(24)13-4-3-7-14-21-16(2)23/h5-6,8-12,15H,3-4,7,13-14H2,1-2H3,(H,21,23)(H,22,24). The fourth-order valence-corrected chi connectivity index (χ4v) is 2.87. The van der Waals surface area contributed by atoms with E-state index in [1.165, 1.54) is 17.7 Å². The molecule has 128 valence electrons. The number of nitrogens with one attached hydrogen (secondary N) is 2. The van der Waals surface area contributed by atoms with Gasteiger partial charge in [-0.15, -0.1) is 0 Å². The molecule has 2 amide bonds. The molecule has 0 bridgehead atoms. The summed E-state index contributed by atoms with van der Waals surface area (Å²) in [5.74, 6) is 0.0756. The van der Waals surface area contributed by atoms with E-state index in [9.17, 15) is 9.59 Å². The predicted octanol–water partition coefficient (Wildman–Crippen LogP) is 3.71. The van der Waals surface area contributed by atoms with Crippen molar-refractivity contribution in [1.29, 1.82) is 0 Å². The molecule has 0 saturated carbocycles. The molecule has 2 rings (SSSR count). The van der Waals surface area contributed by atoms with E-state index in [1.807, 2.05) is 25.1 Å². The van der Waals surface area contributed by atoms with Crippen molar-refractivity contribution in [1.82, 2.24) is 10.6 Å². The van der Waals surface area contributed by atoms with E-state index in [0.717, 1.165) is 24.8 Å². The third kappa shape index (κ3) is 5.37. The molecule has 4 nitrogen and oxygen atoms in total. The van der Waals surface area contributed by atoms with Gasteiger partial charge in [0.25, 0.3) is 0 Å². The van der Waals surface area contributed by atoms with E-state index in [-0.39, 0.29) is 17.9 Å². The molecule has 1 atom stereocenters. The van der Waals surface area contributed by atoms with Gasteiger partial charge in [-0.3, -0.25) is 9.59 Å². The minimum absolute atomic E-state index is 0.00310.